The average Bonchev–Trinajstić information content (AvgIpc) is 3.13. The number of hydrogen-bond acceptors (Lipinski definition) is 3. The van der Waals surface area contributed by atoms with Gasteiger partial charge in [0.05, 0.1) is 22.0 Å². The van der Waals surface area contributed by atoms with Crippen LogP contribution in [-0.2, 0) is 9.84 Å². The van der Waals surface area contributed by atoms with Crippen LogP contribution in [0, 0.1) is 11.6 Å². The fourth-order valence-corrected chi connectivity index (χ4v) is 3.82. The van der Waals surface area contributed by atoms with Crippen LogP contribution in [0.15, 0.2) is 77.7 Å². The van der Waals surface area contributed by atoms with Gasteiger partial charge in [0.2, 0.25) is 0 Å². The Morgan fingerprint density at radius 1 is 0.900 bits per heavy atom. The van der Waals surface area contributed by atoms with Crippen LogP contribution in [0.25, 0.3) is 28.2 Å². The lowest BCUT2D eigenvalue weighted by Crippen LogP contribution is -2.01. The number of benzene rings is 3. The summed E-state index contributed by atoms with van der Waals surface area (Å²) in [7, 11) is -3.35. The van der Waals surface area contributed by atoms with Gasteiger partial charge in [0.25, 0.3) is 0 Å². The van der Waals surface area contributed by atoms with Crippen molar-refractivity contribution in [2.45, 2.75) is 4.90 Å². The molecule has 0 saturated heterocycles. The Labute approximate surface area is 177 Å². The highest BCUT2D eigenvalue weighted by molar-refractivity contribution is 7.90. The van der Waals surface area contributed by atoms with E-state index in [1.165, 1.54) is 24.3 Å². The van der Waals surface area contributed by atoms with Crippen LogP contribution in [0.1, 0.15) is 0 Å². The van der Waals surface area contributed by atoms with Gasteiger partial charge in [0.1, 0.15) is 11.6 Å². The maximum atomic E-state index is 14.3. The normalized spacial score (nSPS) is 11.6. The minimum absolute atomic E-state index is 0.151. The van der Waals surface area contributed by atoms with Crippen LogP contribution in [0.5, 0.6) is 0 Å². The van der Waals surface area contributed by atoms with Gasteiger partial charge in [-0.1, -0.05) is 23.7 Å². The Hall–Kier alpha value is -3.03. The number of aromatic nitrogens is 2. The van der Waals surface area contributed by atoms with E-state index in [0.717, 1.165) is 17.9 Å². The van der Waals surface area contributed by atoms with Gasteiger partial charge < -0.3 is 0 Å². The minimum Gasteiger partial charge on any atom is -0.232 e. The van der Waals surface area contributed by atoms with E-state index in [4.69, 9.17) is 11.6 Å². The molecule has 4 aromatic rings. The second-order valence-electron chi connectivity index (χ2n) is 6.72. The first-order chi connectivity index (χ1) is 14.2. The first kappa shape index (κ1) is 20.3. The van der Waals surface area contributed by atoms with Crippen LogP contribution in [0.2, 0.25) is 5.02 Å². The molecule has 152 valence electrons. The SMILES string of the molecule is CS(=O)(=O)c1ccc(-n2nc(-c3ccc(F)cc3F)cc2-c2ccc(Cl)cc2)cc1. The lowest BCUT2D eigenvalue weighted by atomic mass is 10.1. The van der Waals surface area contributed by atoms with Crippen molar-refractivity contribution in [2.24, 2.45) is 0 Å². The lowest BCUT2D eigenvalue weighted by Gasteiger charge is -2.08. The van der Waals surface area contributed by atoms with Gasteiger partial charge in [-0.25, -0.2) is 21.9 Å². The Kier molecular flexibility index (Phi) is 5.17. The van der Waals surface area contributed by atoms with Crippen molar-refractivity contribution in [3.05, 3.63) is 89.5 Å². The highest BCUT2D eigenvalue weighted by Gasteiger charge is 2.17. The molecule has 0 aliphatic heterocycles. The third kappa shape index (κ3) is 3.99. The summed E-state index contributed by atoms with van der Waals surface area (Å²) in [5.74, 6) is -1.40. The lowest BCUT2D eigenvalue weighted by molar-refractivity contribution is 0.585. The molecule has 0 N–H and O–H groups in total. The van der Waals surface area contributed by atoms with Crippen molar-refractivity contribution < 1.29 is 17.2 Å². The van der Waals surface area contributed by atoms with E-state index in [0.29, 0.717) is 22.1 Å². The quantitative estimate of drug-likeness (QED) is 0.415. The largest absolute Gasteiger partial charge is 0.232 e. The average molecular weight is 445 g/mol. The number of rotatable bonds is 4. The molecule has 4 nitrogen and oxygen atoms in total. The molecule has 0 atom stereocenters. The maximum absolute atomic E-state index is 14.3. The predicted molar refractivity (Wildman–Crippen MR) is 112 cm³/mol. The Morgan fingerprint density at radius 3 is 2.17 bits per heavy atom. The highest BCUT2D eigenvalue weighted by atomic mass is 35.5. The molecule has 3 aromatic carbocycles. The van der Waals surface area contributed by atoms with E-state index in [-0.39, 0.29) is 10.5 Å². The molecule has 0 aliphatic carbocycles. The molecule has 0 amide bonds. The first-order valence-electron chi connectivity index (χ1n) is 8.84. The second-order valence-corrected chi connectivity index (χ2v) is 9.18. The molecule has 0 fully saturated rings. The Bertz CT molecular complexity index is 1330. The number of sulfone groups is 1. The zero-order valence-corrected chi connectivity index (χ0v) is 17.3. The van der Waals surface area contributed by atoms with Crippen LogP contribution in [0.4, 0.5) is 8.78 Å². The summed E-state index contributed by atoms with van der Waals surface area (Å²) in [6.45, 7) is 0. The molecule has 0 bridgehead atoms. The summed E-state index contributed by atoms with van der Waals surface area (Å²) in [4.78, 5) is 0.177. The monoisotopic (exact) mass is 444 g/mol. The molecule has 4 rings (SSSR count). The molecule has 0 radical (unpaired) electrons. The van der Waals surface area contributed by atoms with Gasteiger partial charge in [-0.2, -0.15) is 5.10 Å². The molecule has 30 heavy (non-hydrogen) atoms. The molecule has 8 heteroatoms. The third-order valence-electron chi connectivity index (χ3n) is 4.57. The summed E-state index contributed by atoms with van der Waals surface area (Å²) < 4.78 is 52.7. The van der Waals surface area contributed by atoms with Crippen LogP contribution in [-0.4, -0.2) is 24.5 Å². The van der Waals surface area contributed by atoms with Crippen LogP contribution in [0.3, 0.4) is 0 Å². The number of halogens is 3. The molecule has 0 spiro atoms. The van der Waals surface area contributed by atoms with E-state index >= 15 is 0 Å². The van der Waals surface area contributed by atoms with Crippen molar-refractivity contribution >= 4 is 21.4 Å². The van der Waals surface area contributed by atoms with E-state index in [1.807, 2.05) is 0 Å². The van der Waals surface area contributed by atoms with Crippen LogP contribution >= 0.6 is 11.6 Å². The summed E-state index contributed by atoms with van der Waals surface area (Å²) in [5, 5.41) is 5.07. The maximum Gasteiger partial charge on any atom is 0.175 e. The fourth-order valence-electron chi connectivity index (χ4n) is 3.07. The number of nitrogens with zero attached hydrogens (tertiary/aromatic N) is 2. The summed E-state index contributed by atoms with van der Waals surface area (Å²) in [6, 6.07) is 18.2. The summed E-state index contributed by atoms with van der Waals surface area (Å²) in [5.41, 5.74) is 2.45. The molecule has 0 saturated carbocycles. The van der Waals surface area contributed by atoms with Gasteiger partial charge >= 0.3 is 0 Å². The Morgan fingerprint density at radius 2 is 1.57 bits per heavy atom. The molecular formula is C22H15ClF2N2O2S. The van der Waals surface area contributed by atoms with Crippen molar-refractivity contribution in [3.8, 4) is 28.2 Å². The molecule has 0 aliphatic rings. The van der Waals surface area contributed by atoms with Gasteiger partial charge in [-0.05, 0) is 54.6 Å². The highest BCUT2D eigenvalue weighted by Crippen LogP contribution is 2.31. The minimum atomic E-state index is -3.35. The third-order valence-corrected chi connectivity index (χ3v) is 5.95. The van der Waals surface area contributed by atoms with Gasteiger partial charge in [0.15, 0.2) is 9.84 Å². The van der Waals surface area contributed by atoms with Crippen molar-refractivity contribution in [3.63, 3.8) is 0 Å². The van der Waals surface area contributed by atoms with Crippen molar-refractivity contribution in [1.82, 2.24) is 9.78 Å². The molecule has 1 aromatic heterocycles. The Balaban J connectivity index is 1.89. The predicted octanol–water partition coefficient (Wildman–Crippen LogP) is 5.54. The fraction of sp³-hybridized carbons (Fsp3) is 0.0455. The topological polar surface area (TPSA) is 52.0 Å². The zero-order chi connectivity index (χ0) is 21.5. The van der Waals surface area contributed by atoms with E-state index < -0.39 is 21.5 Å². The first-order valence-corrected chi connectivity index (χ1v) is 11.1. The number of hydrogen-bond donors (Lipinski definition) is 0. The summed E-state index contributed by atoms with van der Waals surface area (Å²) >= 11 is 5.99. The van der Waals surface area contributed by atoms with Crippen molar-refractivity contribution in [2.75, 3.05) is 6.26 Å². The smallest absolute Gasteiger partial charge is 0.175 e. The van der Waals surface area contributed by atoms with Gasteiger partial charge in [0, 0.05) is 28.5 Å². The van der Waals surface area contributed by atoms with E-state index in [2.05, 4.69) is 5.10 Å². The second kappa shape index (κ2) is 7.66. The van der Waals surface area contributed by atoms with Gasteiger partial charge in [-0.15, -0.1) is 0 Å². The van der Waals surface area contributed by atoms with Crippen molar-refractivity contribution in [1.29, 1.82) is 0 Å². The van der Waals surface area contributed by atoms with Crippen LogP contribution < -0.4 is 0 Å². The standard InChI is InChI=1S/C22H15ClF2N2O2S/c1-30(28,29)18-9-7-17(8-10-18)27-22(14-2-4-15(23)5-3-14)13-21(26-27)19-11-6-16(24)12-20(19)25/h2-13H,1H3. The molecule has 1 heterocycles. The molecule has 0 unspecified atom stereocenters. The molecular weight excluding hydrogens is 430 g/mol. The van der Waals surface area contributed by atoms with E-state index in [1.54, 1.807) is 47.1 Å². The van der Waals surface area contributed by atoms with E-state index in [9.17, 15) is 17.2 Å². The zero-order valence-electron chi connectivity index (χ0n) is 15.7. The summed E-state index contributed by atoms with van der Waals surface area (Å²) in [6.07, 6.45) is 1.13. The van der Waals surface area contributed by atoms with Gasteiger partial charge in [-0.3, -0.25) is 0 Å².